The van der Waals surface area contributed by atoms with Gasteiger partial charge in [0.25, 0.3) is 0 Å². The van der Waals surface area contributed by atoms with Crippen molar-refractivity contribution >= 4 is 25.7 Å². The maximum Gasteiger partial charge on any atom is 0.472 e. The minimum absolute atomic E-state index is 0.0755. The highest BCUT2D eigenvalue weighted by atomic mass is 31.2. The Kier molecular flexibility index (Phi) is 35.5. The van der Waals surface area contributed by atoms with Gasteiger partial charge < -0.3 is 30.3 Å². The Balaban J connectivity index is 4.50. The molecular weight excluding hydrogens is 713 g/mol. The number of hydrogen-bond donors (Lipinski definition) is 4. The van der Waals surface area contributed by atoms with Gasteiger partial charge in [-0.1, -0.05) is 133 Å². The van der Waals surface area contributed by atoms with E-state index in [1.165, 1.54) is 51.4 Å². The molecule has 0 heterocycles. The maximum atomic E-state index is 12.6. The summed E-state index contributed by atoms with van der Waals surface area (Å²) in [5, 5.41) is 17.6. The second kappa shape index (κ2) is 37.3. The molecule has 0 saturated carbocycles. The van der Waals surface area contributed by atoms with Crippen LogP contribution in [0.15, 0.2) is 48.6 Å². The number of carbonyl (C=O) groups is 3. The molecule has 3 atom stereocenters. The maximum absolute atomic E-state index is 12.6. The first kappa shape index (κ1) is 51.4. The van der Waals surface area contributed by atoms with E-state index in [0.717, 1.165) is 64.2 Å². The van der Waals surface area contributed by atoms with Crippen LogP contribution < -0.4 is 5.73 Å². The van der Waals surface area contributed by atoms with Crippen molar-refractivity contribution in [1.82, 2.24) is 0 Å². The Morgan fingerprint density at radius 2 is 1.07 bits per heavy atom. The van der Waals surface area contributed by atoms with E-state index in [1.54, 1.807) is 0 Å². The van der Waals surface area contributed by atoms with Gasteiger partial charge in [0.2, 0.25) is 0 Å². The minimum atomic E-state index is -4.73. The third-order valence-electron chi connectivity index (χ3n) is 8.38. The van der Waals surface area contributed by atoms with Crippen molar-refractivity contribution < 1.29 is 52.6 Å². The third kappa shape index (κ3) is 36.4. The molecule has 0 bridgehead atoms. The number of rotatable bonds is 38. The molecule has 5 N–H and O–H groups in total. The highest BCUT2D eigenvalue weighted by Crippen LogP contribution is 2.43. The molecular formula is C41H72NO11P. The average molecular weight is 786 g/mol. The second-order valence-electron chi connectivity index (χ2n) is 13.5. The van der Waals surface area contributed by atoms with Crippen molar-refractivity contribution in [2.45, 2.75) is 167 Å². The van der Waals surface area contributed by atoms with E-state index in [2.05, 4.69) is 47.9 Å². The van der Waals surface area contributed by atoms with Gasteiger partial charge in [-0.15, -0.1) is 0 Å². The molecule has 0 radical (unpaired) electrons. The number of esters is 2. The van der Waals surface area contributed by atoms with E-state index >= 15 is 0 Å². The number of carboxylic acids is 1. The number of aliphatic hydroxyl groups is 1. The minimum Gasteiger partial charge on any atom is -0.480 e. The van der Waals surface area contributed by atoms with E-state index in [-0.39, 0.29) is 26.1 Å². The fraction of sp³-hybridized carbons (Fsp3) is 0.732. The topological polar surface area (TPSA) is 192 Å². The highest BCUT2D eigenvalue weighted by molar-refractivity contribution is 7.47. The first-order chi connectivity index (χ1) is 26.1. The molecule has 13 heteroatoms. The molecule has 0 aliphatic rings. The van der Waals surface area contributed by atoms with Gasteiger partial charge in [-0.2, -0.15) is 0 Å². The summed E-state index contributed by atoms with van der Waals surface area (Å²) in [4.78, 5) is 45.8. The number of hydrogen-bond acceptors (Lipinski definition) is 10. The van der Waals surface area contributed by atoms with Gasteiger partial charge in [0.1, 0.15) is 12.6 Å². The summed E-state index contributed by atoms with van der Waals surface area (Å²) in [7, 11) is -4.73. The number of nitrogens with two attached hydrogens (primary N) is 1. The van der Waals surface area contributed by atoms with Crippen LogP contribution in [0.1, 0.15) is 155 Å². The quantitative estimate of drug-likeness (QED) is 0.0201. The van der Waals surface area contributed by atoms with Crippen LogP contribution in [-0.2, 0) is 37.5 Å². The monoisotopic (exact) mass is 785 g/mol. The van der Waals surface area contributed by atoms with Crippen LogP contribution in [0, 0.1) is 0 Å². The Labute approximate surface area is 325 Å². The SMILES string of the molecule is CCCCCCCCCCCCCCC(=O)OC[C@H](COP(=O)(O)OC[C@H](N)C(=O)O)OC(=O)CCC/C=C\C/C=C\C/C=C\C/C=C\CCCCCO. The molecule has 0 aromatic heterocycles. The van der Waals surface area contributed by atoms with Crippen LogP contribution in [0.25, 0.3) is 0 Å². The number of phosphoric ester groups is 1. The molecule has 0 fully saturated rings. The van der Waals surface area contributed by atoms with Crippen molar-refractivity contribution in [1.29, 1.82) is 0 Å². The van der Waals surface area contributed by atoms with Crippen LogP contribution in [0.5, 0.6) is 0 Å². The summed E-state index contributed by atoms with van der Waals surface area (Å²) in [6.07, 6.45) is 37.7. The van der Waals surface area contributed by atoms with Crippen LogP contribution in [0.3, 0.4) is 0 Å². The molecule has 312 valence electrons. The Morgan fingerprint density at radius 3 is 1.61 bits per heavy atom. The highest BCUT2D eigenvalue weighted by Gasteiger charge is 2.28. The van der Waals surface area contributed by atoms with Crippen LogP contribution in [-0.4, -0.2) is 71.6 Å². The Bertz CT molecular complexity index is 1110. The Hall–Kier alpha value is -2.60. The lowest BCUT2D eigenvalue weighted by atomic mass is 10.0. The predicted molar refractivity (Wildman–Crippen MR) is 214 cm³/mol. The summed E-state index contributed by atoms with van der Waals surface area (Å²) in [5.74, 6) is -2.47. The zero-order valence-electron chi connectivity index (χ0n) is 33.0. The summed E-state index contributed by atoms with van der Waals surface area (Å²) in [5.41, 5.74) is 5.31. The second-order valence-corrected chi connectivity index (χ2v) is 15.0. The number of carbonyl (C=O) groups excluding carboxylic acids is 2. The number of aliphatic hydroxyl groups excluding tert-OH is 1. The molecule has 0 aromatic rings. The lowest BCUT2D eigenvalue weighted by Crippen LogP contribution is -2.34. The van der Waals surface area contributed by atoms with Gasteiger partial charge >= 0.3 is 25.7 Å². The molecule has 0 aliphatic heterocycles. The number of phosphoric acid groups is 1. The van der Waals surface area contributed by atoms with E-state index in [1.807, 2.05) is 12.2 Å². The third-order valence-corrected chi connectivity index (χ3v) is 9.34. The van der Waals surface area contributed by atoms with Gasteiger partial charge in [0.05, 0.1) is 13.2 Å². The smallest absolute Gasteiger partial charge is 0.472 e. The lowest BCUT2D eigenvalue weighted by molar-refractivity contribution is -0.161. The van der Waals surface area contributed by atoms with Crippen LogP contribution in [0.4, 0.5) is 0 Å². The molecule has 0 aromatic carbocycles. The molecule has 12 nitrogen and oxygen atoms in total. The summed E-state index contributed by atoms with van der Waals surface area (Å²) in [6.45, 7) is 0.732. The van der Waals surface area contributed by atoms with Crippen molar-refractivity contribution in [2.75, 3.05) is 26.4 Å². The predicted octanol–water partition coefficient (Wildman–Crippen LogP) is 9.20. The van der Waals surface area contributed by atoms with E-state index in [9.17, 15) is 23.8 Å². The standard InChI is InChI=1S/C41H72NO11P/c1-2-3-4-5-6-7-8-16-19-22-25-28-31-39(44)50-34-37(35-51-54(48,49)52-36-38(42)41(46)47)53-40(45)32-29-26-23-20-17-14-12-10-9-11-13-15-18-21-24-27-30-33-43/h9,11-12,14-15,18,20,23,37-38,43H,2-8,10,13,16-17,19,21-22,24-36,42H2,1H3,(H,46,47)(H,48,49)/b11-9-,14-12-,18-15-,23-20-/t37-,38+/m1/s1. The first-order valence-electron chi connectivity index (χ1n) is 20.3. The van der Waals surface area contributed by atoms with Gasteiger partial charge in [0.15, 0.2) is 6.10 Å². The van der Waals surface area contributed by atoms with Gasteiger partial charge in [-0.3, -0.25) is 23.4 Å². The van der Waals surface area contributed by atoms with Crippen LogP contribution in [0.2, 0.25) is 0 Å². The van der Waals surface area contributed by atoms with Crippen LogP contribution >= 0.6 is 7.82 Å². The lowest BCUT2D eigenvalue weighted by Gasteiger charge is -2.20. The van der Waals surface area contributed by atoms with Gasteiger partial charge in [0, 0.05) is 19.4 Å². The average Bonchev–Trinajstić information content (AvgIpc) is 3.14. The molecule has 1 unspecified atom stereocenters. The first-order valence-corrected chi connectivity index (χ1v) is 21.8. The van der Waals surface area contributed by atoms with Crippen molar-refractivity contribution in [3.63, 3.8) is 0 Å². The molecule has 0 aliphatic carbocycles. The van der Waals surface area contributed by atoms with Gasteiger partial charge in [-0.05, 0) is 57.8 Å². The molecule has 0 amide bonds. The van der Waals surface area contributed by atoms with E-state index in [0.29, 0.717) is 19.3 Å². The molecule has 0 rings (SSSR count). The fourth-order valence-corrected chi connectivity index (χ4v) is 5.93. The summed E-state index contributed by atoms with van der Waals surface area (Å²) in [6, 6.07) is -1.53. The number of aliphatic carboxylic acids is 1. The number of unbranched alkanes of at least 4 members (excludes halogenated alkanes) is 15. The summed E-state index contributed by atoms with van der Waals surface area (Å²) >= 11 is 0. The van der Waals surface area contributed by atoms with Crippen molar-refractivity contribution in [3.05, 3.63) is 48.6 Å². The zero-order chi connectivity index (χ0) is 40.0. The summed E-state index contributed by atoms with van der Waals surface area (Å²) < 4.78 is 32.5. The van der Waals surface area contributed by atoms with Gasteiger partial charge in [-0.25, -0.2) is 4.57 Å². The fourth-order valence-electron chi connectivity index (χ4n) is 5.15. The number of allylic oxidation sites excluding steroid dienone is 8. The normalized spacial score (nSPS) is 14.3. The molecule has 0 spiro atoms. The number of carboxylic acid groups (broad SMARTS) is 1. The molecule has 54 heavy (non-hydrogen) atoms. The Morgan fingerprint density at radius 1 is 0.611 bits per heavy atom. The van der Waals surface area contributed by atoms with E-state index < -0.39 is 51.1 Å². The molecule has 0 saturated heterocycles. The number of ether oxygens (including phenoxy) is 2. The van der Waals surface area contributed by atoms with Crippen molar-refractivity contribution in [3.8, 4) is 0 Å². The van der Waals surface area contributed by atoms with Crippen molar-refractivity contribution in [2.24, 2.45) is 5.73 Å². The van der Waals surface area contributed by atoms with E-state index in [4.69, 9.17) is 29.9 Å². The largest absolute Gasteiger partial charge is 0.480 e. The zero-order valence-corrected chi connectivity index (χ0v) is 33.9.